The van der Waals surface area contributed by atoms with Crippen LogP contribution in [0.3, 0.4) is 0 Å². The van der Waals surface area contributed by atoms with E-state index in [0.29, 0.717) is 27.7 Å². The van der Waals surface area contributed by atoms with Crippen LogP contribution in [0.25, 0.3) is 6.08 Å². The van der Waals surface area contributed by atoms with Gasteiger partial charge in [-0.05, 0) is 55.0 Å². The van der Waals surface area contributed by atoms with Gasteiger partial charge in [0.05, 0.1) is 17.7 Å². The Bertz CT molecular complexity index is 828. The molecule has 0 saturated carbocycles. The van der Waals surface area contributed by atoms with Crippen molar-refractivity contribution in [2.75, 3.05) is 0 Å². The largest absolute Gasteiger partial charge is 0.457 e. The minimum Gasteiger partial charge on any atom is -0.457 e. The van der Waals surface area contributed by atoms with Gasteiger partial charge in [0.1, 0.15) is 17.3 Å². The molecular weight excluding hydrogens is 325 g/mol. The van der Waals surface area contributed by atoms with Crippen LogP contribution in [0.4, 0.5) is 9.18 Å². The zero-order valence-electron chi connectivity index (χ0n) is 13.4. The maximum Gasteiger partial charge on any atom is 0.339 e. The molecule has 25 heavy (non-hydrogen) atoms. The van der Waals surface area contributed by atoms with Crippen LogP contribution in [0.5, 0.6) is 11.5 Å². The van der Waals surface area contributed by atoms with Gasteiger partial charge in [0.2, 0.25) is 0 Å². The van der Waals surface area contributed by atoms with Crippen molar-refractivity contribution in [3.8, 4) is 17.6 Å². The number of amides is 2. The van der Waals surface area contributed by atoms with E-state index in [0.717, 1.165) is 0 Å². The highest BCUT2D eigenvalue weighted by atomic mass is 19.1. The normalized spacial score (nSPS) is 11.8. The lowest BCUT2D eigenvalue weighted by Gasteiger charge is -2.16. The monoisotopic (exact) mass is 341 g/mol. The van der Waals surface area contributed by atoms with Gasteiger partial charge in [-0.25, -0.2) is 9.18 Å². The van der Waals surface area contributed by atoms with Crippen LogP contribution in [0.1, 0.15) is 18.1 Å². The molecule has 6 nitrogen and oxygen atoms in total. The van der Waals surface area contributed by atoms with Crippen molar-refractivity contribution in [1.82, 2.24) is 5.06 Å². The second kappa shape index (κ2) is 7.95. The van der Waals surface area contributed by atoms with E-state index in [-0.39, 0.29) is 5.82 Å². The molecule has 0 aromatic heterocycles. The molecule has 128 valence electrons. The highest BCUT2D eigenvalue weighted by Gasteiger charge is 2.12. The van der Waals surface area contributed by atoms with Crippen LogP contribution in [-0.4, -0.2) is 22.3 Å². The standard InChI is InChI=1S/C18H16FN3O3/c1-12(22(24)18(21)23)2-3-13-10-17(7-4-14(13)11-20)25-16-8-5-15(19)6-9-16/h2-10,12,24H,1H3,(H2,21,23)/b3-2+. The number of primary amides is 1. The fraction of sp³-hybridized carbons (Fsp3) is 0.111. The second-order valence-electron chi connectivity index (χ2n) is 5.20. The molecular formula is C18H16FN3O3. The summed E-state index contributed by atoms with van der Waals surface area (Å²) in [4.78, 5) is 10.9. The van der Waals surface area contributed by atoms with Crippen LogP contribution in [0.2, 0.25) is 0 Å². The number of hydrogen-bond donors (Lipinski definition) is 2. The Hall–Kier alpha value is -3.37. The molecule has 0 spiro atoms. The van der Waals surface area contributed by atoms with E-state index in [2.05, 4.69) is 0 Å². The lowest BCUT2D eigenvalue weighted by molar-refractivity contribution is -0.0560. The van der Waals surface area contributed by atoms with Gasteiger partial charge in [-0.1, -0.05) is 12.2 Å². The predicted molar refractivity (Wildman–Crippen MR) is 89.3 cm³/mol. The summed E-state index contributed by atoms with van der Waals surface area (Å²) >= 11 is 0. The number of urea groups is 1. The van der Waals surface area contributed by atoms with E-state index in [1.54, 1.807) is 31.2 Å². The minimum absolute atomic E-state index is 0.368. The number of rotatable bonds is 5. The molecule has 0 bridgehead atoms. The molecule has 0 fully saturated rings. The van der Waals surface area contributed by atoms with Crippen LogP contribution < -0.4 is 10.5 Å². The van der Waals surface area contributed by atoms with Crippen molar-refractivity contribution in [1.29, 1.82) is 5.26 Å². The van der Waals surface area contributed by atoms with Crippen molar-refractivity contribution < 1.29 is 19.1 Å². The number of halogens is 1. The average molecular weight is 341 g/mol. The Morgan fingerprint density at radius 3 is 2.56 bits per heavy atom. The maximum absolute atomic E-state index is 12.9. The molecule has 0 aliphatic carbocycles. The highest BCUT2D eigenvalue weighted by Crippen LogP contribution is 2.25. The predicted octanol–water partition coefficient (Wildman–Crippen LogP) is 3.66. The first kappa shape index (κ1) is 18.0. The van der Waals surface area contributed by atoms with Gasteiger partial charge in [-0.3, -0.25) is 5.21 Å². The molecule has 0 saturated heterocycles. The molecule has 0 aliphatic heterocycles. The molecule has 1 atom stereocenters. The molecule has 0 aliphatic rings. The van der Waals surface area contributed by atoms with E-state index in [1.165, 1.54) is 30.3 Å². The summed E-state index contributed by atoms with van der Waals surface area (Å²) in [5.41, 5.74) is 5.91. The number of nitrogens with two attached hydrogens (primary N) is 1. The number of nitrogens with zero attached hydrogens (tertiary/aromatic N) is 2. The lowest BCUT2D eigenvalue weighted by Crippen LogP contribution is -2.38. The van der Waals surface area contributed by atoms with Gasteiger partial charge in [0.15, 0.2) is 0 Å². The summed E-state index contributed by atoms with van der Waals surface area (Å²) in [6.07, 6.45) is 3.09. The number of carbonyl (C=O) groups is 1. The average Bonchev–Trinajstić information content (AvgIpc) is 2.61. The molecule has 7 heteroatoms. The lowest BCUT2D eigenvalue weighted by atomic mass is 10.1. The fourth-order valence-electron chi connectivity index (χ4n) is 2.01. The van der Waals surface area contributed by atoms with Crippen LogP contribution in [0, 0.1) is 17.1 Å². The van der Waals surface area contributed by atoms with E-state index in [1.807, 2.05) is 6.07 Å². The highest BCUT2D eigenvalue weighted by molar-refractivity contribution is 5.71. The Labute approximate surface area is 144 Å². The Morgan fingerprint density at radius 2 is 1.96 bits per heavy atom. The molecule has 2 rings (SSSR count). The number of benzene rings is 2. The molecule has 3 N–H and O–H groups in total. The van der Waals surface area contributed by atoms with Crippen molar-refractivity contribution in [2.24, 2.45) is 5.73 Å². The van der Waals surface area contributed by atoms with Crippen molar-refractivity contribution in [3.05, 3.63) is 65.5 Å². The smallest absolute Gasteiger partial charge is 0.339 e. The first-order valence-corrected chi connectivity index (χ1v) is 7.34. The van der Waals surface area contributed by atoms with E-state index >= 15 is 0 Å². The van der Waals surface area contributed by atoms with E-state index in [4.69, 9.17) is 10.5 Å². The molecule has 2 aromatic carbocycles. The molecule has 1 unspecified atom stereocenters. The van der Waals surface area contributed by atoms with Crippen LogP contribution in [0.15, 0.2) is 48.5 Å². The van der Waals surface area contributed by atoms with Gasteiger partial charge in [0.25, 0.3) is 0 Å². The van der Waals surface area contributed by atoms with Crippen molar-refractivity contribution >= 4 is 12.1 Å². The SMILES string of the molecule is CC(/C=C/c1cc(Oc2ccc(F)cc2)ccc1C#N)N(O)C(N)=O. The zero-order chi connectivity index (χ0) is 18.4. The summed E-state index contributed by atoms with van der Waals surface area (Å²) in [7, 11) is 0. The Balaban J connectivity index is 2.23. The Kier molecular flexibility index (Phi) is 5.71. The van der Waals surface area contributed by atoms with Gasteiger partial charge in [0, 0.05) is 0 Å². The first-order chi connectivity index (χ1) is 11.9. The number of nitriles is 1. The topological polar surface area (TPSA) is 99.6 Å². The molecule has 0 radical (unpaired) electrons. The third-order valence-corrected chi connectivity index (χ3v) is 3.36. The number of hydrogen-bond acceptors (Lipinski definition) is 4. The van der Waals surface area contributed by atoms with Gasteiger partial charge >= 0.3 is 6.03 Å². The second-order valence-corrected chi connectivity index (χ2v) is 5.20. The third kappa shape index (κ3) is 4.80. The number of carbonyl (C=O) groups excluding carboxylic acids is 1. The van der Waals surface area contributed by atoms with Gasteiger partial charge in [-0.15, -0.1) is 0 Å². The summed E-state index contributed by atoms with van der Waals surface area (Å²) in [5.74, 6) is 0.533. The van der Waals surface area contributed by atoms with Crippen molar-refractivity contribution in [3.63, 3.8) is 0 Å². The first-order valence-electron chi connectivity index (χ1n) is 7.34. The van der Waals surface area contributed by atoms with E-state index in [9.17, 15) is 19.7 Å². The van der Waals surface area contributed by atoms with Crippen LogP contribution >= 0.6 is 0 Å². The third-order valence-electron chi connectivity index (χ3n) is 3.36. The van der Waals surface area contributed by atoms with Gasteiger partial charge < -0.3 is 10.5 Å². The van der Waals surface area contributed by atoms with Gasteiger partial charge in [-0.2, -0.15) is 10.3 Å². The summed E-state index contributed by atoms with van der Waals surface area (Å²) < 4.78 is 18.6. The fourth-order valence-corrected chi connectivity index (χ4v) is 2.01. The molecule has 2 aromatic rings. The summed E-state index contributed by atoms with van der Waals surface area (Å²) in [5, 5.41) is 19.0. The molecule has 2 amide bonds. The van der Waals surface area contributed by atoms with Crippen LogP contribution in [-0.2, 0) is 0 Å². The van der Waals surface area contributed by atoms with E-state index < -0.39 is 12.1 Å². The number of ether oxygens (including phenoxy) is 1. The summed E-state index contributed by atoms with van der Waals surface area (Å²) in [6.45, 7) is 1.56. The maximum atomic E-state index is 12.9. The zero-order valence-corrected chi connectivity index (χ0v) is 13.4. The minimum atomic E-state index is -0.981. The summed E-state index contributed by atoms with van der Waals surface area (Å²) in [6, 6.07) is 10.7. The molecule has 0 heterocycles. The Morgan fingerprint density at radius 1 is 1.32 bits per heavy atom. The number of hydroxylamine groups is 2. The quantitative estimate of drug-likeness (QED) is 0.640. The van der Waals surface area contributed by atoms with Crippen molar-refractivity contribution in [2.45, 2.75) is 13.0 Å².